The van der Waals surface area contributed by atoms with E-state index in [2.05, 4.69) is 20.8 Å². The van der Waals surface area contributed by atoms with Crippen LogP contribution in [0.5, 0.6) is 5.75 Å². The van der Waals surface area contributed by atoms with Crippen LogP contribution >= 0.6 is 15.9 Å². The quantitative estimate of drug-likeness (QED) is 0.405. The summed E-state index contributed by atoms with van der Waals surface area (Å²) >= 11 is 3.18. The molecule has 1 rings (SSSR count). The lowest BCUT2D eigenvalue weighted by Crippen LogP contribution is -2.28. The van der Waals surface area contributed by atoms with E-state index >= 15 is 0 Å². The number of rotatable bonds is 8. The van der Waals surface area contributed by atoms with Crippen molar-refractivity contribution >= 4 is 27.4 Å². The van der Waals surface area contributed by atoms with Gasteiger partial charge in [0, 0.05) is 17.1 Å². The molecule has 0 aliphatic carbocycles. The summed E-state index contributed by atoms with van der Waals surface area (Å²) in [6.45, 7) is 8.13. The van der Waals surface area contributed by atoms with Gasteiger partial charge in [0.2, 0.25) is 5.75 Å². The average molecular weight is 359 g/mol. The largest absolute Gasteiger partial charge is 0.485 e. The summed E-state index contributed by atoms with van der Waals surface area (Å²) in [6, 6.07) is 2.89. The summed E-state index contributed by atoms with van der Waals surface area (Å²) in [4.78, 5) is 24.4. The molecule has 0 heterocycles. The third-order valence-corrected chi connectivity index (χ3v) is 3.62. The maximum atomic E-state index is 11.7. The number of carbonyl (C=O) groups excluding carboxylic acids is 1. The third kappa shape index (κ3) is 4.78. The Kier molecular flexibility index (Phi) is 6.77. The number of benzene rings is 1. The molecule has 1 aromatic rings. The molecule has 0 amide bonds. The Balaban J connectivity index is 3.03. The van der Waals surface area contributed by atoms with Crippen molar-refractivity contribution in [1.82, 2.24) is 4.90 Å². The Bertz CT molecular complexity index is 495. The van der Waals surface area contributed by atoms with E-state index in [9.17, 15) is 14.9 Å². The van der Waals surface area contributed by atoms with Crippen LogP contribution in [0.1, 0.15) is 31.1 Å². The van der Waals surface area contributed by atoms with E-state index < -0.39 is 4.92 Å². The highest BCUT2D eigenvalue weighted by Gasteiger charge is 2.23. The highest BCUT2D eigenvalue weighted by atomic mass is 79.9. The van der Waals surface area contributed by atoms with Crippen LogP contribution in [-0.4, -0.2) is 41.8 Å². The van der Waals surface area contributed by atoms with Gasteiger partial charge in [0.15, 0.2) is 5.78 Å². The van der Waals surface area contributed by atoms with Crippen molar-refractivity contribution in [2.45, 2.75) is 20.8 Å². The molecule has 6 nitrogen and oxygen atoms in total. The fourth-order valence-electron chi connectivity index (χ4n) is 1.94. The fraction of sp³-hybridized carbons (Fsp3) is 0.500. The Morgan fingerprint density at radius 2 is 2.00 bits per heavy atom. The van der Waals surface area contributed by atoms with Gasteiger partial charge in [0.25, 0.3) is 0 Å². The number of Topliss-reactive ketones (excluding diaryl/α,β-unsaturated/α-hetero) is 1. The Labute approximate surface area is 132 Å². The predicted molar refractivity (Wildman–Crippen MR) is 84.1 cm³/mol. The molecule has 0 saturated heterocycles. The number of ether oxygens (including phenoxy) is 1. The second-order valence-corrected chi connectivity index (χ2v) is 5.41. The zero-order valence-electron chi connectivity index (χ0n) is 12.4. The minimum atomic E-state index is -0.538. The first-order chi connectivity index (χ1) is 9.90. The van der Waals surface area contributed by atoms with Crippen molar-refractivity contribution in [3.8, 4) is 5.75 Å². The molecule has 116 valence electrons. The number of ketones is 1. The number of halogens is 1. The summed E-state index contributed by atoms with van der Waals surface area (Å²) in [5.74, 6) is -0.222. The van der Waals surface area contributed by atoms with Crippen molar-refractivity contribution < 1.29 is 14.5 Å². The predicted octanol–water partition coefficient (Wildman–Crippen LogP) is 3.28. The van der Waals surface area contributed by atoms with Crippen LogP contribution in [0, 0.1) is 10.1 Å². The molecular weight excluding hydrogens is 340 g/mol. The number of likely N-dealkylation sites (N-methyl/N-ethyl adjacent to an activating group) is 1. The molecule has 0 unspecified atom stereocenters. The molecule has 0 aliphatic heterocycles. The number of nitrogens with zero attached hydrogens (tertiary/aromatic N) is 2. The second kappa shape index (κ2) is 8.09. The number of hydrogen-bond donors (Lipinski definition) is 0. The molecule has 0 bridgehead atoms. The minimum Gasteiger partial charge on any atom is -0.485 e. The number of carbonyl (C=O) groups is 1. The number of nitro groups is 1. The molecule has 1 aromatic carbocycles. The van der Waals surface area contributed by atoms with E-state index in [4.69, 9.17) is 4.74 Å². The lowest BCUT2D eigenvalue weighted by molar-refractivity contribution is -0.386. The van der Waals surface area contributed by atoms with E-state index in [0.717, 1.165) is 13.1 Å². The van der Waals surface area contributed by atoms with E-state index in [1.807, 2.05) is 13.8 Å². The molecule has 7 heteroatoms. The topological polar surface area (TPSA) is 72.7 Å². The molecule has 0 aromatic heterocycles. The van der Waals surface area contributed by atoms with Crippen LogP contribution in [-0.2, 0) is 0 Å². The van der Waals surface area contributed by atoms with Crippen LogP contribution < -0.4 is 4.74 Å². The van der Waals surface area contributed by atoms with Gasteiger partial charge in [-0.15, -0.1) is 0 Å². The van der Waals surface area contributed by atoms with Gasteiger partial charge in [-0.3, -0.25) is 14.9 Å². The van der Waals surface area contributed by atoms with Crippen LogP contribution in [0.25, 0.3) is 0 Å². The Hall–Kier alpha value is -1.47. The zero-order chi connectivity index (χ0) is 16.0. The van der Waals surface area contributed by atoms with E-state index in [-0.39, 0.29) is 22.8 Å². The standard InChI is InChI=1S/C14H19BrN2O4/c1-4-16(5-2)6-7-21-14-12(10(3)18)8-11(15)9-13(14)17(19)20/h8-9H,4-7H2,1-3H3. The van der Waals surface area contributed by atoms with Gasteiger partial charge in [-0.2, -0.15) is 0 Å². The molecule has 21 heavy (non-hydrogen) atoms. The SMILES string of the molecule is CCN(CC)CCOc1c(C(C)=O)cc(Br)cc1[N+](=O)[O-]. The number of hydrogen-bond acceptors (Lipinski definition) is 5. The highest BCUT2D eigenvalue weighted by molar-refractivity contribution is 9.10. The second-order valence-electron chi connectivity index (χ2n) is 4.49. The average Bonchev–Trinajstić information content (AvgIpc) is 2.43. The van der Waals surface area contributed by atoms with Crippen molar-refractivity contribution in [2.24, 2.45) is 0 Å². The van der Waals surface area contributed by atoms with E-state index in [1.54, 1.807) is 6.07 Å². The Morgan fingerprint density at radius 3 is 2.48 bits per heavy atom. The first-order valence-electron chi connectivity index (χ1n) is 6.74. The summed E-state index contributed by atoms with van der Waals surface area (Å²) in [5.41, 5.74) is 0.0183. The van der Waals surface area contributed by atoms with Gasteiger partial charge in [-0.05, 0) is 26.1 Å². The molecule has 0 N–H and O–H groups in total. The molecule has 0 aliphatic rings. The van der Waals surface area contributed by atoms with Crippen LogP contribution in [0.2, 0.25) is 0 Å². The van der Waals surface area contributed by atoms with Crippen molar-refractivity contribution in [3.05, 3.63) is 32.3 Å². The molecule has 0 spiro atoms. The lowest BCUT2D eigenvalue weighted by atomic mass is 10.1. The first-order valence-corrected chi connectivity index (χ1v) is 7.54. The van der Waals surface area contributed by atoms with E-state index in [1.165, 1.54) is 13.0 Å². The highest BCUT2D eigenvalue weighted by Crippen LogP contribution is 2.34. The van der Waals surface area contributed by atoms with Gasteiger partial charge < -0.3 is 9.64 Å². The summed E-state index contributed by atoms with van der Waals surface area (Å²) in [7, 11) is 0. The smallest absolute Gasteiger partial charge is 0.312 e. The van der Waals surface area contributed by atoms with Gasteiger partial charge >= 0.3 is 5.69 Å². The molecule has 0 radical (unpaired) electrons. The van der Waals surface area contributed by atoms with Crippen molar-refractivity contribution in [3.63, 3.8) is 0 Å². The summed E-state index contributed by atoms with van der Waals surface area (Å²) in [6.07, 6.45) is 0. The number of nitro benzene ring substituents is 1. The maximum Gasteiger partial charge on any atom is 0.312 e. The van der Waals surface area contributed by atoms with Crippen molar-refractivity contribution in [1.29, 1.82) is 0 Å². The monoisotopic (exact) mass is 358 g/mol. The molecule has 0 saturated carbocycles. The summed E-state index contributed by atoms with van der Waals surface area (Å²) < 4.78 is 6.04. The molecule has 0 atom stereocenters. The van der Waals surface area contributed by atoms with Crippen LogP contribution in [0.4, 0.5) is 5.69 Å². The van der Waals surface area contributed by atoms with Gasteiger partial charge in [0.05, 0.1) is 10.5 Å². The molecule has 0 fully saturated rings. The lowest BCUT2D eigenvalue weighted by Gasteiger charge is -2.18. The van der Waals surface area contributed by atoms with Gasteiger partial charge in [-0.1, -0.05) is 29.8 Å². The van der Waals surface area contributed by atoms with E-state index in [0.29, 0.717) is 17.6 Å². The zero-order valence-corrected chi connectivity index (χ0v) is 14.0. The molecular formula is C14H19BrN2O4. The van der Waals surface area contributed by atoms with Gasteiger partial charge in [0.1, 0.15) is 6.61 Å². The van der Waals surface area contributed by atoms with Crippen molar-refractivity contribution in [2.75, 3.05) is 26.2 Å². The third-order valence-electron chi connectivity index (χ3n) is 3.16. The fourth-order valence-corrected chi connectivity index (χ4v) is 2.39. The van der Waals surface area contributed by atoms with Gasteiger partial charge in [-0.25, -0.2) is 0 Å². The minimum absolute atomic E-state index is 0.0443. The normalized spacial score (nSPS) is 10.7. The maximum absolute atomic E-state index is 11.7. The van der Waals surface area contributed by atoms with Crippen LogP contribution in [0.15, 0.2) is 16.6 Å². The Morgan fingerprint density at radius 1 is 1.38 bits per heavy atom. The van der Waals surface area contributed by atoms with Crippen LogP contribution in [0.3, 0.4) is 0 Å². The first kappa shape index (κ1) is 17.6. The summed E-state index contributed by atoms with van der Waals surface area (Å²) in [5, 5.41) is 11.1.